The van der Waals surface area contributed by atoms with E-state index in [-0.39, 0.29) is 0 Å². The van der Waals surface area contributed by atoms with Gasteiger partial charge in [-0.25, -0.2) is 0 Å². The number of fused-ring (bicyclic) bond motifs is 1. The lowest BCUT2D eigenvalue weighted by atomic mass is 10.1. The normalized spacial score (nSPS) is 11.2. The van der Waals surface area contributed by atoms with Crippen molar-refractivity contribution in [1.82, 2.24) is 29.4 Å². The van der Waals surface area contributed by atoms with Crippen molar-refractivity contribution in [3.63, 3.8) is 0 Å². The largest absolute Gasteiger partial charge is 0.301 e. The number of hydrogen-bond donors (Lipinski definition) is 0. The Morgan fingerprint density at radius 3 is 2.32 bits per heavy atom. The number of aromatic nitrogens is 6. The molecule has 0 aliphatic rings. The summed E-state index contributed by atoms with van der Waals surface area (Å²) in [7, 11) is 1.84. The van der Waals surface area contributed by atoms with Crippen LogP contribution in [0, 0.1) is 0 Å². The first-order valence-electron chi connectivity index (χ1n) is 6.67. The maximum atomic E-state index is 5.93. The van der Waals surface area contributed by atoms with E-state index in [1.54, 1.807) is 10.9 Å². The summed E-state index contributed by atoms with van der Waals surface area (Å²) in [6.07, 6.45) is 3.69. The predicted octanol–water partition coefficient (Wildman–Crippen LogP) is 2.85. The Labute approximate surface area is 131 Å². The summed E-state index contributed by atoms with van der Waals surface area (Å²) in [6, 6.07) is 12.1. The molecular formula is C15H11ClN6. The summed E-state index contributed by atoms with van der Waals surface area (Å²) < 4.78 is 3.64. The molecule has 1 aromatic carbocycles. The first-order valence-corrected chi connectivity index (χ1v) is 7.05. The molecule has 0 radical (unpaired) electrons. The smallest absolute Gasteiger partial charge is 0.225 e. The van der Waals surface area contributed by atoms with Crippen LogP contribution in [-0.4, -0.2) is 29.4 Å². The highest BCUT2D eigenvalue weighted by atomic mass is 35.5. The van der Waals surface area contributed by atoms with Crippen LogP contribution in [0.3, 0.4) is 0 Å². The van der Waals surface area contributed by atoms with Crippen LogP contribution in [0.15, 0.2) is 48.9 Å². The van der Waals surface area contributed by atoms with Crippen LogP contribution in [-0.2, 0) is 7.05 Å². The fraction of sp³-hybridized carbons (Fsp3) is 0.0667. The Hall–Kier alpha value is -2.73. The number of halogens is 1. The minimum absolute atomic E-state index is 0.372. The molecule has 0 N–H and O–H groups in total. The molecule has 0 fully saturated rings. The van der Waals surface area contributed by atoms with Crippen molar-refractivity contribution >= 4 is 17.2 Å². The zero-order valence-electron chi connectivity index (χ0n) is 11.7. The second-order valence-electron chi connectivity index (χ2n) is 4.94. The second-order valence-corrected chi connectivity index (χ2v) is 5.28. The van der Waals surface area contributed by atoms with E-state index in [2.05, 4.69) is 20.4 Å². The third-order valence-corrected chi connectivity index (χ3v) is 3.92. The van der Waals surface area contributed by atoms with Gasteiger partial charge in [-0.1, -0.05) is 24.3 Å². The van der Waals surface area contributed by atoms with Gasteiger partial charge in [0.15, 0.2) is 11.5 Å². The van der Waals surface area contributed by atoms with E-state index < -0.39 is 0 Å². The first-order chi connectivity index (χ1) is 10.7. The fourth-order valence-electron chi connectivity index (χ4n) is 2.37. The van der Waals surface area contributed by atoms with Crippen LogP contribution >= 0.6 is 11.6 Å². The van der Waals surface area contributed by atoms with Crippen molar-refractivity contribution in [1.29, 1.82) is 0 Å². The lowest BCUT2D eigenvalue weighted by Gasteiger charge is -2.05. The molecule has 0 amide bonds. The molecule has 7 heteroatoms. The molecule has 6 nitrogen and oxygen atoms in total. The number of pyridine rings is 1. The number of rotatable bonds is 2. The van der Waals surface area contributed by atoms with Crippen LogP contribution in [0.2, 0.25) is 5.28 Å². The van der Waals surface area contributed by atoms with Crippen molar-refractivity contribution in [3.05, 3.63) is 54.2 Å². The molecule has 0 aliphatic heterocycles. The van der Waals surface area contributed by atoms with Gasteiger partial charge in [-0.2, -0.15) is 0 Å². The van der Waals surface area contributed by atoms with Gasteiger partial charge in [0.25, 0.3) is 0 Å². The van der Waals surface area contributed by atoms with Gasteiger partial charge in [-0.05, 0) is 34.9 Å². The first kappa shape index (κ1) is 13.0. The SMILES string of the molecule is Cn1c(Cl)nnc1-c1ccc(-c2ccc3nncn3c2)cc1. The van der Waals surface area contributed by atoms with E-state index in [9.17, 15) is 0 Å². The number of hydrogen-bond acceptors (Lipinski definition) is 4. The molecule has 0 spiro atoms. The van der Waals surface area contributed by atoms with Gasteiger partial charge in [0.2, 0.25) is 5.28 Å². The zero-order valence-corrected chi connectivity index (χ0v) is 12.4. The highest BCUT2D eigenvalue weighted by Crippen LogP contribution is 2.24. The Balaban J connectivity index is 1.73. The third-order valence-electron chi connectivity index (χ3n) is 3.59. The lowest BCUT2D eigenvalue weighted by molar-refractivity contribution is 0.921. The maximum Gasteiger partial charge on any atom is 0.225 e. The summed E-state index contributed by atoms with van der Waals surface area (Å²) in [5.74, 6) is 0.741. The molecular weight excluding hydrogens is 300 g/mol. The average molecular weight is 311 g/mol. The van der Waals surface area contributed by atoms with Crippen LogP contribution in [0.4, 0.5) is 0 Å². The van der Waals surface area contributed by atoms with Crippen molar-refractivity contribution in [3.8, 4) is 22.5 Å². The molecule has 0 aliphatic carbocycles. The van der Waals surface area contributed by atoms with E-state index in [1.165, 1.54) is 0 Å². The molecule has 3 aromatic heterocycles. The molecule has 4 aromatic rings. The van der Waals surface area contributed by atoms with E-state index in [4.69, 9.17) is 11.6 Å². The summed E-state index contributed by atoms with van der Waals surface area (Å²) in [4.78, 5) is 0. The topological polar surface area (TPSA) is 60.9 Å². The Morgan fingerprint density at radius 2 is 1.59 bits per heavy atom. The van der Waals surface area contributed by atoms with Crippen molar-refractivity contribution < 1.29 is 0 Å². The molecule has 22 heavy (non-hydrogen) atoms. The van der Waals surface area contributed by atoms with Crippen molar-refractivity contribution in [2.45, 2.75) is 0 Å². The van der Waals surface area contributed by atoms with E-state index in [0.29, 0.717) is 5.28 Å². The van der Waals surface area contributed by atoms with Gasteiger partial charge >= 0.3 is 0 Å². The standard InChI is InChI=1S/C15H11ClN6/c1-21-14(19-20-15(21)16)11-4-2-10(3-5-11)12-6-7-13-18-17-9-22(13)8-12/h2-9H,1H3. The van der Waals surface area contributed by atoms with Crippen LogP contribution < -0.4 is 0 Å². The van der Waals surface area contributed by atoms with Crippen LogP contribution in [0.1, 0.15) is 0 Å². The molecule has 0 atom stereocenters. The Bertz CT molecular complexity index is 954. The molecule has 0 unspecified atom stereocenters. The summed E-state index contributed by atoms with van der Waals surface area (Å²) >= 11 is 5.93. The van der Waals surface area contributed by atoms with Gasteiger partial charge in [0, 0.05) is 18.8 Å². The number of nitrogens with zero attached hydrogens (tertiary/aromatic N) is 6. The predicted molar refractivity (Wildman–Crippen MR) is 83.4 cm³/mol. The number of benzene rings is 1. The summed E-state index contributed by atoms with van der Waals surface area (Å²) in [5, 5.41) is 16.2. The summed E-state index contributed by atoms with van der Waals surface area (Å²) in [6.45, 7) is 0. The van der Waals surface area contributed by atoms with Gasteiger partial charge in [0.05, 0.1) is 0 Å². The third kappa shape index (κ3) is 2.05. The van der Waals surface area contributed by atoms with E-state index in [1.807, 2.05) is 54.0 Å². The van der Waals surface area contributed by atoms with Gasteiger partial charge in [0.1, 0.15) is 6.33 Å². The van der Waals surface area contributed by atoms with Gasteiger partial charge in [-0.15, -0.1) is 20.4 Å². The average Bonchev–Trinajstić information content (AvgIpc) is 3.14. The van der Waals surface area contributed by atoms with Crippen molar-refractivity contribution in [2.24, 2.45) is 7.05 Å². The van der Waals surface area contributed by atoms with Gasteiger partial charge < -0.3 is 4.57 Å². The minimum atomic E-state index is 0.372. The van der Waals surface area contributed by atoms with Gasteiger partial charge in [-0.3, -0.25) is 4.40 Å². The van der Waals surface area contributed by atoms with Crippen LogP contribution in [0.25, 0.3) is 28.2 Å². The zero-order chi connectivity index (χ0) is 15.1. The van der Waals surface area contributed by atoms with Crippen LogP contribution in [0.5, 0.6) is 0 Å². The maximum absolute atomic E-state index is 5.93. The molecule has 108 valence electrons. The lowest BCUT2D eigenvalue weighted by Crippen LogP contribution is -1.92. The molecule has 3 heterocycles. The monoisotopic (exact) mass is 310 g/mol. The Kier molecular flexibility index (Phi) is 2.90. The fourth-order valence-corrected chi connectivity index (χ4v) is 2.49. The minimum Gasteiger partial charge on any atom is -0.301 e. The molecule has 0 saturated heterocycles. The quantitative estimate of drug-likeness (QED) is 0.571. The van der Waals surface area contributed by atoms with E-state index in [0.717, 1.165) is 28.2 Å². The highest BCUT2D eigenvalue weighted by molar-refractivity contribution is 6.28. The highest BCUT2D eigenvalue weighted by Gasteiger charge is 2.09. The van der Waals surface area contributed by atoms with E-state index >= 15 is 0 Å². The summed E-state index contributed by atoms with van der Waals surface area (Å²) in [5.41, 5.74) is 3.99. The molecule has 0 saturated carbocycles. The Morgan fingerprint density at radius 1 is 0.864 bits per heavy atom. The molecule has 4 rings (SSSR count). The molecule has 0 bridgehead atoms. The van der Waals surface area contributed by atoms with Crippen molar-refractivity contribution in [2.75, 3.05) is 0 Å². The second kappa shape index (κ2) is 4.92.